The first-order valence-electron chi connectivity index (χ1n) is 10.7. The summed E-state index contributed by atoms with van der Waals surface area (Å²) in [5.74, 6) is 0.588. The van der Waals surface area contributed by atoms with E-state index in [2.05, 4.69) is 29.6 Å². The van der Waals surface area contributed by atoms with Gasteiger partial charge in [0.15, 0.2) is 0 Å². The molecule has 0 aromatic heterocycles. The lowest BCUT2D eigenvalue weighted by Crippen LogP contribution is -2.48. The number of nitrogens with zero attached hydrogens (tertiary/aromatic N) is 1. The minimum absolute atomic E-state index is 0.0285. The van der Waals surface area contributed by atoms with Crippen molar-refractivity contribution in [3.8, 4) is 5.75 Å². The summed E-state index contributed by atoms with van der Waals surface area (Å²) in [6, 6.07) is 21.5. The van der Waals surface area contributed by atoms with Crippen molar-refractivity contribution in [1.82, 2.24) is 10.2 Å². The third-order valence-corrected chi connectivity index (χ3v) is 5.63. The van der Waals surface area contributed by atoms with Gasteiger partial charge in [-0.05, 0) is 46.9 Å². The molecule has 0 aliphatic carbocycles. The van der Waals surface area contributed by atoms with Crippen molar-refractivity contribution in [1.29, 1.82) is 0 Å². The molecule has 162 valence electrons. The molecule has 0 radical (unpaired) electrons. The van der Waals surface area contributed by atoms with Crippen molar-refractivity contribution in [2.45, 2.75) is 38.8 Å². The Morgan fingerprint density at radius 1 is 1.00 bits per heavy atom. The van der Waals surface area contributed by atoms with Gasteiger partial charge in [-0.3, -0.25) is 9.59 Å². The fraction of sp³-hybridized carbons (Fsp3) is 0.308. The van der Waals surface area contributed by atoms with E-state index in [1.807, 2.05) is 49.4 Å². The van der Waals surface area contributed by atoms with Crippen molar-refractivity contribution in [3.63, 3.8) is 0 Å². The molecule has 0 spiro atoms. The average Bonchev–Trinajstić information content (AvgIpc) is 2.82. The molecule has 5 heteroatoms. The molecule has 0 aliphatic heterocycles. The summed E-state index contributed by atoms with van der Waals surface area (Å²) in [6.45, 7) is 2.31. The Labute approximate surface area is 184 Å². The molecule has 0 heterocycles. The molecular formula is C26H30N2O3. The third-order valence-electron chi connectivity index (χ3n) is 5.63. The van der Waals surface area contributed by atoms with E-state index in [0.29, 0.717) is 25.8 Å². The van der Waals surface area contributed by atoms with Crippen LogP contribution in [0.5, 0.6) is 5.75 Å². The topological polar surface area (TPSA) is 58.6 Å². The first-order chi connectivity index (χ1) is 15.1. The van der Waals surface area contributed by atoms with E-state index in [4.69, 9.17) is 4.74 Å². The molecule has 0 saturated heterocycles. The zero-order valence-electron chi connectivity index (χ0n) is 18.4. The second kappa shape index (κ2) is 10.6. The third kappa shape index (κ3) is 5.43. The number of benzene rings is 3. The van der Waals surface area contributed by atoms with Crippen LogP contribution in [-0.2, 0) is 22.6 Å². The monoisotopic (exact) mass is 418 g/mol. The largest absolute Gasteiger partial charge is 0.497 e. The molecule has 0 aliphatic rings. The smallest absolute Gasteiger partial charge is 0.242 e. The fourth-order valence-corrected chi connectivity index (χ4v) is 3.91. The van der Waals surface area contributed by atoms with Gasteiger partial charge in [-0.25, -0.2) is 0 Å². The van der Waals surface area contributed by atoms with E-state index < -0.39 is 6.04 Å². The normalized spacial score (nSPS) is 11.7. The number of ether oxygens (including phenoxy) is 1. The van der Waals surface area contributed by atoms with Crippen LogP contribution in [0.2, 0.25) is 0 Å². The van der Waals surface area contributed by atoms with Crippen molar-refractivity contribution < 1.29 is 14.3 Å². The molecular weight excluding hydrogens is 388 g/mol. The second-order valence-electron chi connectivity index (χ2n) is 7.55. The summed E-state index contributed by atoms with van der Waals surface area (Å²) in [7, 11) is 3.23. The summed E-state index contributed by atoms with van der Waals surface area (Å²) in [5.41, 5.74) is 2.10. The maximum atomic E-state index is 13.3. The van der Waals surface area contributed by atoms with Gasteiger partial charge in [-0.2, -0.15) is 0 Å². The van der Waals surface area contributed by atoms with Gasteiger partial charge in [0, 0.05) is 20.0 Å². The van der Waals surface area contributed by atoms with E-state index in [1.165, 1.54) is 5.39 Å². The fourth-order valence-electron chi connectivity index (χ4n) is 3.91. The van der Waals surface area contributed by atoms with Crippen LogP contribution in [0.3, 0.4) is 0 Å². The summed E-state index contributed by atoms with van der Waals surface area (Å²) >= 11 is 0. The van der Waals surface area contributed by atoms with Crippen molar-refractivity contribution >= 4 is 22.6 Å². The van der Waals surface area contributed by atoms with Gasteiger partial charge in [0.25, 0.3) is 0 Å². The van der Waals surface area contributed by atoms with Crippen LogP contribution >= 0.6 is 0 Å². The van der Waals surface area contributed by atoms with Crippen LogP contribution in [0.15, 0.2) is 66.7 Å². The highest BCUT2D eigenvalue weighted by Gasteiger charge is 2.27. The van der Waals surface area contributed by atoms with Gasteiger partial charge < -0.3 is 15.0 Å². The molecule has 31 heavy (non-hydrogen) atoms. The van der Waals surface area contributed by atoms with Crippen molar-refractivity contribution in [2.24, 2.45) is 0 Å². The highest BCUT2D eigenvalue weighted by molar-refractivity contribution is 5.89. The number of hydrogen-bond acceptors (Lipinski definition) is 3. The van der Waals surface area contributed by atoms with Gasteiger partial charge in [-0.1, -0.05) is 61.5 Å². The molecule has 0 bridgehead atoms. The lowest BCUT2D eigenvalue weighted by Gasteiger charge is -2.30. The molecule has 1 atom stereocenters. The number of nitrogens with one attached hydrogen (secondary N) is 1. The highest BCUT2D eigenvalue weighted by Crippen LogP contribution is 2.21. The molecule has 5 nitrogen and oxygen atoms in total. The quantitative estimate of drug-likeness (QED) is 0.563. The Morgan fingerprint density at radius 3 is 2.39 bits per heavy atom. The molecule has 0 fully saturated rings. The maximum Gasteiger partial charge on any atom is 0.242 e. The zero-order chi connectivity index (χ0) is 22.2. The number of aryl methyl sites for hydroxylation is 1. The predicted molar refractivity (Wildman–Crippen MR) is 124 cm³/mol. The van der Waals surface area contributed by atoms with Crippen LogP contribution in [0.4, 0.5) is 0 Å². The molecule has 2 amide bonds. The number of methoxy groups -OCH3 is 1. The Kier molecular flexibility index (Phi) is 7.65. The minimum Gasteiger partial charge on any atom is -0.497 e. The zero-order valence-corrected chi connectivity index (χ0v) is 18.4. The number of likely N-dealkylation sites (N-methyl/N-ethyl adjacent to an activating group) is 1. The summed E-state index contributed by atoms with van der Waals surface area (Å²) in [4.78, 5) is 27.5. The predicted octanol–water partition coefficient (Wildman–Crippen LogP) is 4.33. The number of rotatable bonds is 9. The lowest BCUT2D eigenvalue weighted by atomic mass is 10.00. The average molecular weight is 419 g/mol. The van der Waals surface area contributed by atoms with Gasteiger partial charge >= 0.3 is 0 Å². The first kappa shape index (κ1) is 22.3. The highest BCUT2D eigenvalue weighted by atomic mass is 16.5. The molecule has 1 N–H and O–H groups in total. The lowest BCUT2D eigenvalue weighted by molar-refractivity contribution is -0.141. The summed E-state index contributed by atoms with van der Waals surface area (Å²) in [5, 5.41) is 5.03. The minimum atomic E-state index is -0.507. The number of amides is 2. The number of carbonyl (C=O) groups is 2. The van der Waals surface area contributed by atoms with Gasteiger partial charge in [0.1, 0.15) is 11.8 Å². The number of carbonyl (C=O) groups excluding carboxylic acids is 2. The van der Waals surface area contributed by atoms with Crippen LogP contribution < -0.4 is 10.1 Å². The molecule has 0 unspecified atom stereocenters. The second-order valence-corrected chi connectivity index (χ2v) is 7.55. The van der Waals surface area contributed by atoms with Gasteiger partial charge in [0.05, 0.1) is 7.11 Å². The van der Waals surface area contributed by atoms with Crippen molar-refractivity contribution in [3.05, 3.63) is 77.9 Å². The molecule has 3 aromatic carbocycles. The maximum absolute atomic E-state index is 13.3. The Bertz CT molecular complexity index is 1030. The number of hydrogen-bond donors (Lipinski definition) is 1. The van der Waals surface area contributed by atoms with Crippen LogP contribution in [0.25, 0.3) is 10.8 Å². The Hall–Kier alpha value is -3.34. The molecule has 3 aromatic rings. The van der Waals surface area contributed by atoms with Gasteiger partial charge in [-0.15, -0.1) is 0 Å². The van der Waals surface area contributed by atoms with E-state index in [9.17, 15) is 9.59 Å². The summed E-state index contributed by atoms with van der Waals surface area (Å²) < 4.78 is 5.22. The van der Waals surface area contributed by atoms with Crippen molar-refractivity contribution in [2.75, 3.05) is 14.2 Å². The van der Waals surface area contributed by atoms with Crippen LogP contribution in [-0.4, -0.2) is 36.9 Å². The van der Waals surface area contributed by atoms with Gasteiger partial charge in [0.2, 0.25) is 11.8 Å². The molecule has 0 saturated carbocycles. The van der Waals surface area contributed by atoms with Crippen LogP contribution in [0, 0.1) is 0 Å². The SMILES string of the molecule is CC[C@@H](C(=O)NC)N(Cc1ccc(OC)cc1)C(=O)CCc1cccc2ccccc12. The van der Waals surface area contributed by atoms with E-state index in [1.54, 1.807) is 19.1 Å². The van der Waals surface area contributed by atoms with E-state index >= 15 is 0 Å². The Morgan fingerprint density at radius 2 is 1.71 bits per heavy atom. The van der Waals surface area contributed by atoms with E-state index in [0.717, 1.165) is 22.3 Å². The van der Waals surface area contributed by atoms with Crippen LogP contribution in [0.1, 0.15) is 30.9 Å². The van der Waals surface area contributed by atoms with E-state index in [-0.39, 0.29) is 11.8 Å². The first-order valence-corrected chi connectivity index (χ1v) is 10.7. The summed E-state index contributed by atoms with van der Waals surface area (Å²) in [6.07, 6.45) is 1.52. The Balaban J connectivity index is 1.81. The standard InChI is InChI=1S/C26H30N2O3/c1-4-24(26(30)27-2)28(18-19-12-15-22(31-3)16-13-19)25(29)17-14-21-10-7-9-20-8-5-6-11-23(20)21/h5-13,15-16,24H,4,14,17-18H2,1-3H3,(H,27,30)/t24-/m0/s1. The molecule has 3 rings (SSSR count). The number of fused-ring (bicyclic) bond motifs is 1.